The minimum absolute atomic E-state index is 0. The molecule has 0 aromatic heterocycles. The van der Waals surface area contributed by atoms with Crippen LogP contribution in [0.2, 0.25) is 10.0 Å². The van der Waals surface area contributed by atoms with Crippen molar-refractivity contribution in [3.05, 3.63) is 63.1 Å². The number of benzene rings is 2. The van der Waals surface area contributed by atoms with E-state index in [2.05, 4.69) is 16.0 Å². The quantitative estimate of drug-likeness (QED) is 0.310. The van der Waals surface area contributed by atoms with Gasteiger partial charge in [-0.15, -0.1) is 12.4 Å². The number of carbonyl (C=O) groups excluding carboxylic acids is 2. The zero-order valence-corrected chi connectivity index (χ0v) is 25.5. The molecular weight excluding hydrogens is 595 g/mol. The second kappa shape index (κ2) is 12.0. The Balaban J connectivity index is 0.00000387. The van der Waals surface area contributed by atoms with E-state index in [1.165, 1.54) is 30.3 Å². The number of aliphatic hydroxyl groups is 1. The molecule has 2 aliphatic heterocycles. The molecule has 1 spiro atoms. The summed E-state index contributed by atoms with van der Waals surface area (Å²) in [6, 6.07) is 5.41. The average Bonchev–Trinajstić information content (AvgIpc) is 3.51. The molecule has 2 unspecified atom stereocenters. The molecule has 2 heterocycles. The third-order valence-electron chi connectivity index (χ3n) is 8.65. The highest BCUT2D eigenvalue weighted by Crippen LogP contribution is 2.57. The van der Waals surface area contributed by atoms with Crippen molar-refractivity contribution < 1.29 is 23.5 Å². The first-order valence-corrected chi connectivity index (χ1v) is 14.5. The fourth-order valence-corrected chi connectivity index (χ4v) is 7.31. The van der Waals surface area contributed by atoms with Crippen LogP contribution in [0, 0.1) is 23.0 Å². The molecule has 224 valence electrons. The lowest BCUT2D eigenvalue weighted by Gasteiger charge is -2.37. The molecule has 2 amide bonds. The van der Waals surface area contributed by atoms with Crippen molar-refractivity contribution in [2.45, 2.75) is 82.4 Å². The second-order valence-corrected chi connectivity index (χ2v) is 13.5. The molecule has 0 radical (unpaired) electrons. The van der Waals surface area contributed by atoms with E-state index in [1.54, 1.807) is 0 Å². The molecule has 2 fully saturated rings. The Morgan fingerprint density at radius 2 is 1.83 bits per heavy atom. The Hall–Kier alpha value is -1.97. The number of hydrogen-bond donors (Lipinski definition) is 4. The van der Waals surface area contributed by atoms with Crippen LogP contribution in [0.1, 0.15) is 69.9 Å². The number of amides is 2. The van der Waals surface area contributed by atoms with Crippen molar-refractivity contribution in [2.75, 3.05) is 11.9 Å². The van der Waals surface area contributed by atoms with Crippen LogP contribution in [-0.4, -0.2) is 41.7 Å². The van der Waals surface area contributed by atoms with E-state index in [1.807, 2.05) is 20.8 Å². The number of hydrogen-bond acceptors (Lipinski definition) is 4. The number of fused-ring (bicyclic) bond motifs is 2. The first kappa shape index (κ1) is 32.0. The van der Waals surface area contributed by atoms with E-state index in [0.29, 0.717) is 35.7 Å². The lowest BCUT2D eigenvalue weighted by Crippen LogP contribution is -2.49. The van der Waals surface area contributed by atoms with Crippen molar-refractivity contribution >= 4 is 53.1 Å². The van der Waals surface area contributed by atoms with Gasteiger partial charge in [0.1, 0.15) is 17.0 Å². The van der Waals surface area contributed by atoms with E-state index in [9.17, 15) is 23.5 Å². The van der Waals surface area contributed by atoms with Crippen molar-refractivity contribution in [1.82, 2.24) is 10.6 Å². The molecule has 2 aromatic carbocycles. The molecule has 6 nitrogen and oxygen atoms in total. The highest BCUT2D eigenvalue weighted by atomic mass is 35.5. The van der Waals surface area contributed by atoms with Crippen molar-refractivity contribution in [3.63, 3.8) is 0 Å². The fourth-order valence-electron chi connectivity index (χ4n) is 6.96. The van der Waals surface area contributed by atoms with Gasteiger partial charge in [-0.3, -0.25) is 9.59 Å². The Labute approximate surface area is 255 Å². The van der Waals surface area contributed by atoms with Gasteiger partial charge in [-0.05, 0) is 78.8 Å². The predicted molar refractivity (Wildman–Crippen MR) is 159 cm³/mol. The number of aliphatic hydroxyl groups excluding tert-OH is 1. The van der Waals surface area contributed by atoms with Gasteiger partial charge in [0, 0.05) is 24.2 Å². The summed E-state index contributed by atoms with van der Waals surface area (Å²) >= 11 is 12.3. The molecule has 2 aromatic rings. The number of anilines is 1. The number of halogens is 5. The summed E-state index contributed by atoms with van der Waals surface area (Å²) in [5, 5.41) is 19.0. The van der Waals surface area contributed by atoms with Crippen LogP contribution in [0.4, 0.5) is 14.5 Å². The summed E-state index contributed by atoms with van der Waals surface area (Å²) in [6.07, 6.45) is 3.32. The largest absolute Gasteiger partial charge is 0.393 e. The molecule has 11 heteroatoms. The average molecular weight is 631 g/mol. The van der Waals surface area contributed by atoms with Crippen LogP contribution < -0.4 is 16.0 Å². The van der Waals surface area contributed by atoms with Gasteiger partial charge < -0.3 is 21.1 Å². The molecule has 41 heavy (non-hydrogen) atoms. The Morgan fingerprint density at radius 1 is 1.12 bits per heavy atom. The van der Waals surface area contributed by atoms with E-state index >= 15 is 0 Å². The monoisotopic (exact) mass is 629 g/mol. The lowest BCUT2D eigenvalue weighted by molar-refractivity contribution is -0.123. The molecule has 5 rings (SSSR count). The van der Waals surface area contributed by atoms with Crippen molar-refractivity contribution in [1.29, 1.82) is 0 Å². The summed E-state index contributed by atoms with van der Waals surface area (Å²) in [7, 11) is 0. The zero-order valence-electron chi connectivity index (χ0n) is 23.2. The van der Waals surface area contributed by atoms with Crippen LogP contribution in [0.15, 0.2) is 30.3 Å². The third kappa shape index (κ3) is 5.96. The highest BCUT2D eigenvalue weighted by Gasteiger charge is 2.66. The minimum Gasteiger partial charge on any atom is -0.393 e. The van der Waals surface area contributed by atoms with Crippen LogP contribution in [0.3, 0.4) is 0 Å². The maximum Gasteiger partial charge on any atom is 0.237 e. The Bertz CT molecular complexity index is 1340. The molecule has 6 atom stereocenters. The van der Waals surface area contributed by atoms with E-state index in [0.717, 1.165) is 25.7 Å². The Kier molecular flexibility index (Phi) is 9.32. The highest BCUT2D eigenvalue weighted by molar-refractivity contribution is 6.31. The van der Waals surface area contributed by atoms with E-state index in [-0.39, 0.29) is 45.8 Å². The van der Waals surface area contributed by atoms with Crippen LogP contribution in [0.5, 0.6) is 0 Å². The molecule has 1 saturated heterocycles. The summed E-state index contributed by atoms with van der Waals surface area (Å²) < 4.78 is 29.3. The normalized spacial score (nSPS) is 28.9. The van der Waals surface area contributed by atoms with Gasteiger partial charge >= 0.3 is 0 Å². The first-order valence-electron chi connectivity index (χ1n) is 13.8. The molecule has 1 saturated carbocycles. The topological polar surface area (TPSA) is 90.5 Å². The number of nitrogens with one attached hydrogen (secondary N) is 3. The number of rotatable bonds is 6. The number of carbonyl (C=O) groups is 2. The molecule has 4 N–H and O–H groups in total. The van der Waals surface area contributed by atoms with E-state index in [4.69, 9.17) is 23.2 Å². The summed E-state index contributed by atoms with van der Waals surface area (Å²) in [4.78, 5) is 28.0. The van der Waals surface area contributed by atoms with Gasteiger partial charge in [0.2, 0.25) is 11.8 Å². The van der Waals surface area contributed by atoms with Gasteiger partial charge in [0.15, 0.2) is 0 Å². The van der Waals surface area contributed by atoms with Gasteiger partial charge in [0.25, 0.3) is 0 Å². The third-order valence-corrected chi connectivity index (χ3v) is 9.23. The SMILES string of the molecule is CC(C)(C)C[C@H]1N[C@@H](C(=O)NCCC2CCC(O)C2)[C@H](c2ccc(F)c(Cl)c2)[C@@]12C(=O)Nc1cc(Cl)c(F)cc12.Cl. The maximum absolute atomic E-state index is 15.0. The molecule has 3 aliphatic rings. The molecule has 0 bridgehead atoms. The van der Waals surface area contributed by atoms with Gasteiger partial charge in [-0.2, -0.15) is 0 Å². The molecule has 1 aliphatic carbocycles. The minimum atomic E-state index is -1.40. The standard InChI is InChI=1S/C30H35Cl2F2N3O3.ClH/c1-29(2,3)14-24-30(18-12-22(34)20(32)13-23(18)36-28(30)40)25(16-5-7-21(33)19(31)11-16)26(37-24)27(39)35-9-8-15-4-6-17(38)10-15;/h5,7,11-13,15,17,24-26,37-38H,4,6,8-10,14H2,1-3H3,(H,35,39)(H,36,40);1H/t15?,17?,24-,25+,26-,30+;/m1./s1. The summed E-state index contributed by atoms with van der Waals surface area (Å²) in [5.74, 6) is -2.48. The zero-order chi connectivity index (χ0) is 29.0. The van der Waals surface area contributed by atoms with Crippen LogP contribution in [-0.2, 0) is 15.0 Å². The fraction of sp³-hybridized carbons (Fsp3) is 0.533. The predicted octanol–water partition coefficient (Wildman–Crippen LogP) is 6.11. The lowest BCUT2D eigenvalue weighted by atomic mass is 9.62. The van der Waals surface area contributed by atoms with Gasteiger partial charge in [0.05, 0.1) is 22.2 Å². The van der Waals surface area contributed by atoms with E-state index < -0.39 is 35.1 Å². The first-order chi connectivity index (χ1) is 18.8. The second-order valence-electron chi connectivity index (χ2n) is 12.7. The maximum atomic E-state index is 15.0. The molecular formula is C30H36Cl3F2N3O3. The Morgan fingerprint density at radius 3 is 2.46 bits per heavy atom. The van der Waals surface area contributed by atoms with Gasteiger partial charge in [-0.1, -0.05) is 50.0 Å². The smallest absolute Gasteiger partial charge is 0.237 e. The van der Waals surface area contributed by atoms with Crippen molar-refractivity contribution in [3.8, 4) is 0 Å². The van der Waals surface area contributed by atoms with Crippen LogP contribution in [0.25, 0.3) is 0 Å². The summed E-state index contributed by atoms with van der Waals surface area (Å²) in [6.45, 7) is 6.51. The summed E-state index contributed by atoms with van der Waals surface area (Å²) in [5.41, 5.74) is -0.379. The van der Waals surface area contributed by atoms with Crippen molar-refractivity contribution in [2.24, 2.45) is 11.3 Å². The van der Waals surface area contributed by atoms with Crippen LogP contribution >= 0.6 is 35.6 Å². The van der Waals surface area contributed by atoms with Gasteiger partial charge in [-0.25, -0.2) is 8.78 Å².